The molecule has 0 atom stereocenters. The summed E-state index contributed by atoms with van der Waals surface area (Å²) in [6, 6.07) is 13.2. The number of hydrogen-bond donors (Lipinski definition) is 1. The highest BCUT2D eigenvalue weighted by Crippen LogP contribution is 2.19. The lowest BCUT2D eigenvalue weighted by Gasteiger charge is -2.06. The standard InChI is InChI=1S/C16H14N2O3/c19-16(20)18-14(8-13-9-17-7-6-15(13)18)11-21-10-12-4-2-1-3-5-12/h1-9H,10-11H2,(H,19,20). The number of fused-ring (bicyclic) bond motifs is 1. The van der Waals surface area contributed by atoms with Gasteiger partial charge in [0.1, 0.15) is 0 Å². The van der Waals surface area contributed by atoms with Crippen LogP contribution >= 0.6 is 0 Å². The average molecular weight is 282 g/mol. The van der Waals surface area contributed by atoms with Crippen LogP contribution in [0.5, 0.6) is 0 Å². The van der Waals surface area contributed by atoms with E-state index in [-0.39, 0.29) is 6.61 Å². The summed E-state index contributed by atoms with van der Waals surface area (Å²) in [5.74, 6) is 0. The van der Waals surface area contributed by atoms with Gasteiger partial charge in [-0.25, -0.2) is 9.36 Å². The lowest BCUT2D eigenvalue weighted by Crippen LogP contribution is -2.12. The van der Waals surface area contributed by atoms with E-state index in [1.807, 2.05) is 30.3 Å². The normalized spacial score (nSPS) is 10.9. The van der Waals surface area contributed by atoms with Gasteiger partial charge in [-0.1, -0.05) is 30.3 Å². The molecule has 0 saturated heterocycles. The highest BCUT2D eigenvalue weighted by Gasteiger charge is 2.14. The van der Waals surface area contributed by atoms with Crippen LogP contribution in [0.1, 0.15) is 11.3 Å². The van der Waals surface area contributed by atoms with Gasteiger partial charge in [0.25, 0.3) is 0 Å². The maximum atomic E-state index is 11.4. The van der Waals surface area contributed by atoms with Crippen LogP contribution in [0.4, 0.5) is 4.79 Å². The second-order valence-electron chi connectivity index (χ2n) is 4.67. The first-order valence-corrected chi connectivity index (χ1v) is 6.55. The Morgan fingerprint density at radius 1 is 1.19 bits per heavy atom. The molecule has 0 radical (unpaired) electrons. The smallest absolute Gasteiger partial charge is 0.416 e. The van der Waals surface area contributed by atoms with E-state index in [4.69, 9.17) is 4.74 Å². The fraction of sp³-hybridized carbons (Fsp3) is 0.125. The summed E-state index contributed by atoms with van der Waals surface area (Å²) in [4.78, 5) is 15.4. The maximum Gasteiger partial charge on any atom is 0.416 e. The number of pyridine rings is 1. The van der Waals surface area contributed by atoms with Crippen molar-refractivity contribution >= 4 is 17.0 Å². The van der Waals surface area contributed by atoms with Gasteiger partial charge in [0.15, 0.2) is 0 Å². The zero-order valence-electron chi connectivity index (χ0n) is 11.3. The van der Waals surface area contributed by atoms with E-state index in [2.05, 4.69) is 4.98 Å². The SMILES string of the molecule is O=C(O)n1c(COCc2ccccc2)cc2cnccc21. The maximum absolute atomic E-state index is 11.4. The molecule has 1 N–H and O–H groups in total. The van der Waals surface area contributed by atoms with Gasteiger partial charge in [-0.2, -0.15) is 0 Å². The summed E-state index contributed by atoms with van der Waals surface area (Å²) in [6.07, 6.45) is 2.21. The van der Waals surface area contributed by atoms with E-state index in [1.165, 1.54) is 4.57 Å². The van der Waals surface area contributed by atoms with Gasteiger partial charge in [0, 0.05) is 17.8 Å². The molecule has 106 valence electrons. The van der Waals surface area contributed by atoms with Crippen LogP contribution in [0.15, 0.2) is 54.9 Å². The number of ether oxygens (including phenoxy) is 1. The summed E-state index contributed by atoms with van der Waals surface area (Å²) < 4.78 is 6.86. The largest absolute Gasteiger partial charge is 0.464 e. The predicted octanol–water partition coefficient (Wildman–Crippen LogP) is 3.28. The van der Waals surface area contributed by atoms with Gasteiger partial charge in [0.2, 0.25) is 0 Å². The summed E-state index contributed by atoms with van der Waals surface area (Å²) in [5, 5.41) is 10.1. The monoisotopic (exact) mass is 282 g/mol. The molecule has 1 aromatic carbocycles. The highest BCUT2D eigenvalue weighted by atomic mass is 16.5. The minimum absolute atomic E-state index is 0.232. The van der Waals surface area contributed by atoms with Crippen LogP contribution in [0.3, 0.4) is 0 Å². The van der Waals surface area contributed by atoms with E-state index in [0.717, 1.165) is 10.9 Å². The molecule has 0 aliphatic heterocycles. The zero-order chi connectivity index (χ0) is 14.7. The van der Waals surface area contributed by atoms with Crippen LogP contribution in [0.2, 0.25) is 0 Å². The first kappa shape index (κ1) is 13.3. The summed E-state index contributed by atoms with van der Waals surface area (Å²) in [6.45, 7) is 0.677. The van der Waals surface area contributed by atoms with Crippen LogP contribution < -0.4 is 0 Å². The van der Waals surface area contributed by atoms with Crippen molar-refractivity contribution in [3.63, 3.8) is 0 Å². The molecule has 0 aliphatic carbocycles. The Morgan fingerprint density at radius 3 is 2.76 bits per heavy atom. The van der Waals surface area contributed by atoms with Crippen LogP contribution in [0.25, 0.3) is 10.9 Å². The highest BCUT2D eigenvalue weighted by molar-refractivity contribution is 5.89. The number of rotatable bonds is 4. The second-order valence-corrected chi connectivity index (χ2v) is 4.67. The number of carboxylic acid groups (broad SMARTS) is 1. The molecule has 5 heteroatoms. The van der Waals surface area contributed by atoms with Gasteiger partial charge in [-0.3, -0.25) is 4.98 Å². The summed E-state index contributed by atoms with van der Waals surface area (Å²) in [5.41, 5.74) is 2.27. The van der Waals surface area contributed by atoms with Crippen LogP contribution in [-0.2, 0) is 18.0 Å². The van der Waals surface area contributed by atoms with Crippen molar-refractivity contribution in [2.45, 2.75) is 13.2 Å². The van der Waals surface area contributed by atoms with Crippen molar-refractivity contribution in [2.24, 2.45) is 0 Å². The Balaban J connectivity index is 1.80. The Morgan fingerprint density at radius 2 is 2.00 bits per heavy atom. The van der Waals surface area contributed by atoms with Crippen molar-refractivity contribution < 1.29 is 14.6 Å². The number of hydrogen-bond acceptors (Lipinski definition) is 3. The number of nitrogens with zero attached hydrogens (tertiary/aromatic N) is 2. The van der Waals surface area contributed by atoms with E-state index in [9.17, 15) is 9.90 Å². The third kappa shape index (κ3) is 2.78. The first-order valence-electron chi connectivity index (χ1n) is 6.55. The Kier molecular flexibility index (Phi) is 3.66. The van der Waals surface area contributed by atoms with Gasteiger partial charge in [0.05, 0.1) is 24.4 Å². The third-order valence-electron chi connectivity index (χ3n) is 3.23. The van der Waals surface area contributed by atoms with Crippen molar-refractivity contribution in [2.75, 3.05) is 0 Å². The minimum atomic E-state index is -1.02. The van der Waals surface area contributed by atoms with E-state index in [1.54, 1.807) is 24.5 Å². The van der Waals surface area contributed by atoms with Gasteiger partial charge >= 0.3 is 6.09 Å². The Labute approximate surface area is 121 Å². The number of aromatic nitrogens is 2. The number of benzene rings is 1. The molecule has 2 heterocycles. The fourth-order valence-electron chi connectivity index (χ4n) is 2.29. The molecule has 0 bridgehead atoms. The molecule has 3 rings (SSSR count). The number of carbonyl (C=O) groups is 1. The minimum Gasteiger partial charge on any atom is -0.464 e. The molecule has 0 unspecified atom stereocenters. The molecule has 0 saturated carbocycles. The molecule has 0 fully saturated rings. The average Bonchev–Trinajstić information content (AvgIpc) is 2.86. The molecule has 0 amide bonds. The van der Waals surface area contributed by atoms with Crippen molar-refractivity contribution in [1.82, 2.24) is 9.55 Å². The van der Waals surface area contributed by atoms with E-state index in [0.29, 0.717) is 17.8 Å². The van der Waals surface area contributed by atoms with Gasteiger partial charge in [-0.05, 0) is 17.7 Å². The second kappa shape index (κ2) is 5.76. The molecular formula is C16H14N2O3. The summed E-state index contributed by atoms with van der Waals surface area (Å²) >= 11 is 0. The topological polar surface area (TPSA) is 64.3 Å². The molecule has 0 aliphatic rings. The van der Waals surface area contributed by atoms with Crippen molar-refractivity contribution in [3.8, 4) is 0 Å². The Bertz CT molecular complexity index is 766. The van der Waals surface area contributed by atoms with Gasteiger partial charge in [-0.15, -0.1) is 0 Å². The molecule has 3 aromatic rings. The van der Waals surface area contributed by atoms with Crippen molar-refractivity contribution in [1.29, 1.82) is 0 Å². The molecule has 21 heavy (non-hydrogen) atoms. The predicted molar refractivity (Wildman–Crippen MR) is 78.1 cm³/mol. The molecule has 5 nitrogen and oxygen atoms in total. The van der Waals surface area contributed by atoms with Crippen LogP contribution in [-0.4, -0.2) is 20.8 Å². The van der Waals surface area contributed by atoms with E-state index < -0.39 is 6.09 Å². The molecule has 2 aromatic heterocycles. The van der Waals surface area contributed by atoms with Gasteiger partial charge < -0.3 is 9.84 Å². The quantitative estimate of drug-likeness (QED) is 0.797. The first-order chi connectivity index (χ1) is 10.3. The zero-order valence-corrected chi connectivity index (χ0v) is 11.3. The van der Waals surface area contributed by atoms with E-state index >= 15 is 0 Å². The lowest BCUT2D eigenvalue weighted by atomic mass is 10.2. The third-order valence-corrected chi connectivity index (χ3v) is 3.23. The molecular weight excluding hydrogens is 268 g/mol. The van der Waals surface area contributed by atoms with Crippen LogP contribution in [0, 0.1) is 0 Å². The fourth-order valence-corrected chi connectivity index (χ4v) is 2.29. The lowest BCUT2D eigenvalue weighted by molar-refractivity contribution is 0.102. The summed E-state index contributed by atoms with van der Waals surface area (Å²) in [7, 11) is 0. The molecule has 0 spiro atoms. The Hall–Kier alpha value is -2.66. The van der Waals surface area contributed by atoms with Crippen molar-refractivity contribution in [3.05, 3.63) is 66.1 Å².